The third kappa shape index (κ3) is 5.42. The molecule has 1 aliphatic rings. The minimum atomic E-state index is -3.68. The molecule has 3 rings (SSSR count). The molecule has 148 valence electrons. The minimum absolute atomic E-state index is 0.0270. The van der Waals surface area contributed by atoms with Gasteiger partial charge in [0.05, 0.1) is 5.69 Å². The van der Waals surface area contributed by atoms with Gasteiger partial charge in [-0.3, -0.25) is 4.79 Å². The first kappa shape index (κ1) is 20.1. The van der Waals surface area contributed by atoms with Gasteiger partial charge in [0.1, 0.15) is 10.7 Å². The summed E-state index contributed by atoms with van der Waals surface area (Å²) in [5.74, 6) is 0.323. The molecule has 0 saturated heterocycles. The number of rotatable bonds is 8. The molecular formula is C21H25N3O3S. The lowest BCUT2D eigenvalue weighted by molar-refractivity contribution is -0.121. The highest BCUT2D eigenvalue weighted by Crippen LogP contribution is 2.28. The number of aryl methyl sites for hydroxylation is 1. The highest BCUT2D eigenvalue weighted by atomic mass is 32.2. The fourth-order valence-corrected chi connectivity index (χ4v) is 4.37. The van der Waals surface area contributed by atoms with Gasteiger partial charge in [-0.15, -0.1) is 4.40 Å². The van der Waals surface area contributed by atoms with Gasteiger partial charge in [0.25, 0.3) is 10.0 Å². The molecule has 0 fully saturated rings. The summed E-state index contributed by atoms with van der Waals surface area (Å²) in [4.78, 5) is 12.3. The van der Waals surface area contributed by atoms with Crippen molar-refractivity contribution in [2.75, 3.05) is 11.9 Å². The Morgan fingerprint density at radius 1 is 1.11 bits per heavy atom. The van der Waals surface area contributed by atoms with E-state index in [2.05, 4.69) is 27.2 Å². The normalized spacial score (nSPS) is 15.7. The number of nitrogens with one attached hydrogen (secondary N) is 2. The van der Waals surface area contributed by atoms with Crippen molar-refractivity contribution in [3.05, 3.63) is 60.2 Å². The molecule has 1 amide bonds. The lowest BCUT2D eigenvalue weighted by Crippen LogP contribution is -2.28. The number of hydrogen-bond donors (Lipinski definition) is 2. The van der Waals surface area contributed by atoms with Crippen LogP contribution in [0.3, 0.4) is 0 Å². The summed E-state index contributed by atoms with van der Waals surface area (Å²) in [5.41, 5.74) is 1.79. The van der Waals surface area contributed by atoms with Crippen molar-refractivity contribution >= 4 is 27.5 Å². The first-order chi connectivity index (χ1) is 13.4. The Labute approximate surface area is 166 Å². The Balaban J connectivity index is 1.44. The smallest absolute Gasteiger partial charge is 0.286 e. The zero-order valence-electron chi connectivity index (χ0n) is 15.9. The highest BCUT2D eigenvalue weighted by molar-refractivity contribution is 7.90. The van der Waals surface area contributed by atoms with Crippen LogP contribution in [0.2, 0.25) is 0 Å². The molecular weight excluding hydrogens is 374 g/mol. The van der Waals surface area contributed by atoms with Gasteiger partial charge in [0.2, 0.25) is 5.91 Å². The number of para-hydroxylation sites is 1. The van der Waals surface area contributed by atoms with Gasteiger partial charge in [0.15, 0.2) is 0 Å². The average molecular weight is 400 g/mol. The van der Waals surface area contributed by atoms with Crippen LogP contribution in [0.25, 0.3) is 0 Å². The predicted molar refractivity (Wildman–Crippen MR) is 111 cm³/mol. The molecule has 1 aliphatic heterocycles. The quantitative estimate of drug-likeness (QED) is 0.666. The summed E-state index contributed by atoms with van der Waals surface area (Å²) in [7, 11) is -3.68. The number of anilines is 1. The lowest BCUT2D eigenvalue weighted by atomic mass is 10.0. The number of hydrogen-bond acceptors (Lipinski definition) is 4. The van der Waals surface area contributed by atoms with Crippen molar-refractivity contribution in [2.45, 2.75) is 37.5 Å². The Morgan fingerprint density at radius 3 is 2.61 bits per heavy atom. The second kappa shape index (κ2) is 9.01. The maximum atomic E-state index is 12.3. The number of carbonyl (C=O) groups is 1. The monoisotopic (exact) mass is 399 g/mol. The van der Waals surface area contributed by atoms with E-state index in [4.69, 9.17) is 0 Å². The molecule has 2 N–H and O–H groups in total. The molecule has 0 saturated carbocycles. The summed E-state index contributed by atoms with van der Waals surface area (Å²) in [6.45, 7) is 2.54. The second-order valence-corrected chi connectivity index (χ2v) is 8.66. The maximum Gasteiger partial charge on any atom is 0.286 e. The van der Waals surface area contributed by atoms with Crippen LogP contribution in [-0.4, -0.2) is 26.7 Å². The number of fused-ring (bicyclic) bond motifs is 1. The van der Waals surface area contributed by atoms with E-state index < -0.39 is 10.0 Å². The molecule has 1 heterocycles. The summed E-state index contributed by atoms with van der Waals surface area (Å²) < 4.78 is 28.4. The first-order valence-electron chi connectivity index (χ1n) is 9.44. The fraction of sp³-hybridized carbons (Fsp3) is 0.333. The summed E-state index contributed by atoms with van der Waals surface area (Å²) in [6.07, 6.45) is 2.53. The van der Waals surface area contributed by atoms with Crippen LogP contribution in [0.5, 0.6) is 0 Å². The van der Waals surface area contributed by atoms with Gasteiger partial charge in [0, 0.05) is 19.4 Å². The van der Waals surface area contributed by atoms with E-state index in [-0.39, 0.29) is 16.7 Å². The average Bonchev–Trinajstić information content (AvgIpc) is 2.65. The molecule has 0 spiro atoms. The number of benzene rings is 2. The molecule has 28 heavy (non-hydrogen) atoms. The second-order valence-electron chi connectivity index (χ2n) is 7.09. The summed E-state index contributed by atoms with van der Waals surface area (Å²) >= 11 is 0. The van der Waals surface area contributed by atoms with Crippen molar-refractivity contribution in [1.82, 2.24) is 5.32 Å². The number of carbonyl (C=O) groups excluding carboxylic acids is 1. The van der Waals surface area contributed by atoms with Crippen molar-refractivity contribution in [2.24, 2.45) is 10.3 Å². The lowest BCUT2D eigenvalue weighted by Gasteiger charge is -2.20. The number of amides is 1. The van der Waals surface area contributed by atoms with Gasteiger partial charge in [-0.2, -0.15) is 8.42 Å². The van der Waals surface area contributed by atoms with Gasteiger partial charge in [-0.25, -0.2) is 0 Å². The summed E-state index contributed by atoms with van der Waals surface area (Å²) in [5, 5.41) is 6.00. The van der Waals surface area contributed by atoms with Crippen LogP contribution in [-0.2, 0) is 21.2 Å². The zero-order valence-corrected chi connectivity index (χ0v) is 16.7. The minimum Gasteiger partial charge on any atom is -0.356 e. The molecule has 2 aromatic rings. The molecule has 6 nitrogen and oxygen atoms in total. The fourth-order valence-electron chi connectivity index (χ4n) is 3.21. The molecule has 7 heteroatoms. The van der Waals surface area contributed by atoms with E-state index in [1.165, 1.54) is 11.6 Å². The largest absolute Gasteiger partial charge is 0.356 e. The first-order valence-corrected chi connectivity index (χ1v) is 10.9. The number of sulfonamides is 1. The van der Waals surface area contributed by atoms with Gasteiger partial charge in [-0.05, 0) is 36.5 Å². The third-order valence-electron chi connectivity index (χ3n) is 4.56. The topological polar surface area (TPSA) is 87.6 Å². The molecule has 0 bridgehead atoms. The Bertz CT molecular complexity index is 956. The molecule has 1 atom stereocenters. The van der Waals surface area contributed by atoms with E-state index >= 15 is 0 Å². The van der Waals surface area contributed by atoms with Crippen molar-refractivity contribution < 1.29 is 13.2 Å². The van der Waals surface area contributed by atoms with E-state index in [1.54, 1.807) is 18.2 Å². The van der Waals surface area contributed by atoms with Crippen LogP contribution in [0, 0.1) is 5.92 Å². The molecule has 0 aliphatic carbocycles. The highest BCUT2D eigenvalue weighted by Gasteiger charge is 2.25. The standard InChI is InChI=1S/C21H25N3O3S/c1-16(15-21(25)22-13-7-10-17-8-3-2-4-9-17)14-20-23-18-11-5-6-12-19(18)28(26,27)24-20/h2-6,8-9,11-12,16H,7,10,13-15H2,1H3,(H,22,25)(H,23,24). The van der Waals surface area contributed by atoms with Crippen LogP contribution in [0.1, 0.15) is 31.7 Å². The SMILES string of the molecule is CC(CC(=O)NCCCc1ccccc1)CC1=NS(=O)(=O)c2ccccc2N1. The van der Waals surface area contributed by atoms with Crippen LogP contribution >= 0.6 is 0 Å². The Hall–Kier alpha value is -2.67. The van der Waals surface area contributed by atoms with Gasteiger partial charge in [-0.1, -0.05) is 49.4 Å². The van der Waals surface area contributed by atoms with Gasteiger partial charge >= 0.3 is 0 Å². The number of amidine groups is 1. The Morgan fingerprint density at radius 2 is 1.82 bits per heavy atom. The van der Waals surface area contributed by atoms with Crippen LogP contribution in [0.15, 0.2) is 63.9 Å². The zero-order chi connectivity index (χ0) is 20.0. The van der Waals surface area contributed by atoms with E-state index in [0.29, 0.717) is 30.9 Å². The van der Waals surface area contributed by atoms with E-state index in [9.17, 15) is 13.2 Å². The molecule has 0 radical (unpaired) electrons. The van der Waals surface area contributed by atoms with Crippen molar-refractivity contribution in [3.63, 3.8) is 0 Å². The van der Waals surface area contributed by atoms with Gasteiger partial charge < -0.3 is 10.6 Å². The third-order valence-corrected chi connectivity index (χ3v) is 5.93. The summed E-state index contributed by atoms with van der Waals surface area (Å²) in [6, 6.07) is 16.9. The molecule has 1 unspecified atom stereocenters. The Kier molecular flexibility index (Phi) is 6.46. The van der Waals surface area contributed by atoms with E-state index in [0.717, 1.165) is 12.8 Å². The molecule has 0 aromatic heterocycles. The maximum absolute atomic E-state index is 12.3. The van der Waals surface area contributed by atoms with Crippen LogP contribution in [0.4, 0.5) is 5.69 Å². The van der Waals surface area contributed by atoms with Crippen molar-refractivity contribution in [1.29, 1.82) is 0 Å². The molecule has 2 aromatic carbocycles. The number of nitrogens with zero attached hydrogens (tertiary/aromatic N) is 1. The van der Waals surface area contributed by atoms with Crippen molar-refractivity contribution in [3.8, 4) is 0 Å². The van der Waals surface area contributed by atoms with Crippen LogP contribution < -0.4 is 10.6 Å². The predicted octanol–water partition coefficient (Wildman–Crippen LogP) is 3.36. The van der Waals surface area contributed by atoms with E-state index in [1.807, 2.05) is 25.1 Å².